The number of carbonyl (C=O) groups is 8. The standard InChI is InChI=1S/C55H56N2O17S4/c1-6-42(59)67-26-12-10-9-11-25-66-35-17-13-33(14-18-35)50(62)73-36-19-15-34(16-20-36)51(63)74-41-24-22-38(47-49(41)78-55(76-47)45(57-5)53(65)71-30-28-69-44(61)8-3)37-21-23-40(72-32(4)58)48-46(37)75-54(77-48)39(31-56)52(64)70-29-27-68-43(60)7-2/h6-8,21-24,33-36H,1-3,9-20,25-30H2,4H3/b54-39+,55-45-. The lowest BCUT2D eigenvalue weighted by Gasteiger charge is -2.31. The first kappa shape index (κ1) is 60.5. The molecule has 6 rings (SSSR count). The van der Waals surface area contributed by atoms with Crippen LogP contribution in [0.4, 0.5) is 0 Å². The Labute approximate surface area is 468 Å². The summed E-state index contributed by atoms with van der Waals surface area (Å²) in [5.41, 5.74) is 0.293. The van der Waals surface area contributed by atoms with Crippen molar-refractivity contribution >= 4 is 94.8 Å². The summed E-state index contributed by atoms with van der Waals surface area (Å²) in [7, 11) is 0. The summed E-state index contributed by atoms with van der Waals surface area (Å²) < 4.78 is 49.4. The van der Waals surface area contributed by atoms with Crippen LogP contribution in [0.5, 0.6) is 11.5 Å². The number of unbranched alkanes of at least 4 members (excludes halogenated alkanes) is 3. The van der Waals surface area contributed by atoms with Crippen molar-refractivity contribution < 1.29 is 81.0 Å². The largest absolute Gasteiger partial charge is 0.467 e. The van der Waals surface area contributed by atoms with E-state index in [1.807, 2.05) is 6.07 Å². The summed E-state index contributed by atoms with van der Waals surface area (Å²) in [6.45, 7) is 19.0. The molecular formula is C55H56N2O17S4. The third-order valence-corrected chi connectivity index (χ3v) is 17.5. The van der Waals surface area contributed by atoms with E-state index in [0.29, 0.717) is 82.4 Å². The fourth-order valence-electron chi connectivity index (χ4n) is 8.37. The molecule has 0 bridgehead atoms. The van der Waals surface area contributed by atoms with Crippen LogP contribution in [0.1, 0.15) is 84.0 Å². The molecule has 0 spiro atoms. The minimum Gasteiger partial charge on any atom is -0.467 e. The molecule has 2 aliphatic heterocycles. The Morgan fingerprint density at radius 3 is 1.58 bits per heavy atom. The molecule has 0 aromatic heterocycles. The van der Waals surface area contributed by atoms with Crippen molar-refractivity contribution in [3.63, 3.8) is 0 Å². The van der Waals surface area contributed by atoms with E-state index in [0.717, 1.165) is 104 Å². The molecule has 4 aliphatic rings. The molecule has 2 heterocycles. The van der Waals surface area contributed by atoms with Crippen molar-refractivity contribution in [1.82, 2.24) is 0 Å². The number of hydrogen-bond acceptors (Lipinski definition) is 22. The van der Waals surface area contributed by atoms with E-state index in [2.05, 4.69) is 24.6 Å². The molecule has 0 unspecified atom stereocenters. The number of ether oxygens (including phenoxy) is 9. The number of benzene rings is 2. The zero-order valence-corrected chi connectivity index (χ0v) is 45.9. The number of carbonyl (C=O) groups excluding carboxylic acids is 8. The molecular weight excluding hydrogens is 1090 g/mol. The van der Waals surface area contributed by atoms with Gasteiger partial charge in [0.25, 0.3) is 5.70 Å². The summed E-state index contributed by atoms with van der Waals surface area (Å²) in [5, 5.41) is 10.2. The Morgan fingerprint density at radius 1 is 0.577 bits per heavy atom. The lowest BCUT2D eigenvalue weighted by atomic mass is 9.86. The van der Waals surface area contributed by atoms with Crippen LogP contribution in [0, 0.1) is 29.7 Å². The second-order valence-corrected chi connectivity index (χ2v) is 22.1. The highest BCUT2D eigenvalue weighted by Gasteiger charge is 2.38. The third kappa shape index (κ3) is 16.9. The van der Waals surface area contributed by atoms with Gasteiger partial charge in [-0.1, -0.05) is 73.2 Å². The molecule has 2 fully saturated rings. The van der Waals surface area contributed by atoms with Crippen LogP contribution in [-0.2, 0) is 71.5 Å². The van der Waals surface area contributed by atoms with E-state index in [-0.39, 0.29) is 81.8 Å². The van der Waals surface area contributed by atoms with Gasteiger partial charge < -0.3 is 42.6 Å². The van der Waals surface area contributed by atoms with Crippen LogP contribution in [-0.4, -0.2) is 99.6 Å². The Balaban J connectivity index is 1.15. The quantitative estimate of drug-likeness (QED) is 0.0171. The van der Waals surface area contributed by atoms with Crippen LogP contribution >= 0.6 is 47.0 Å². The molecule has 2 aliphatic carbocycles. The fraction of sp³-hybridized carbons (Fsp3) is 0.418. The van der Waals surface area contributed by atoms with Gasteiger partial charge in [-0.05, 0) is 106 Å². The monoisotopic (exact) mass is 1140 g/mol. The topological polar surface area (TPSA) is 248 Å². The van der Waals surface area contributed by atoms with Gasteiger partial charge >= 0.3 is 47.8 Å². The van der Waals surface area contributed by atoms with Gasteiger partial charge in [-0.2, -0.15) is 5.26 Å². The first-order valence-electron chi connectivity index (χ1n) is 24.9. The summed E-state index contributed by atoms with van der Waals surface area (Å²) in [6, 6.07) is 8.38. The second-order valence-electron chi connectivity index (χ2n) is 17.5. The number of thioether (sulfide) groups is 4. The zero-order chi connectivity index (χ0) is 56.1. The average Bonchev–Trinajstić information content (AvgIpc) is 4.14. The van der Waals surface area contributed by atoms with Crippen molar-refractivity contribution in [2.75, 3.05) is 39.6 Å². The smallest absolute Gasteiger partial charge is 0.350 e. The molecule has 0 N–H and O–H groups in total. The minimum absolute atomic E-state index is 0.0860. The van der Waals surface area contributed by atoms with Crippen molar-refractivity contribution in [2.24, 2.45) is 11.8 Å². The van der Waals surface area contributed by atoms with E-state index < -0.39 is 47.7 Å². The molecule has 2 aromatic rings. The van der Waals surface area contributed by atoms with Crippen molar-refractivity contribution in [3.05, 3.63) is 93.4 Å². The summed E-state index contributed by atoms with van der Waals surface area (Å²) in [5.74, 6) is -5.73. The highest BCUT2D eigenvalue weighted by Crippen LogP contribution is 2.63. The van der Waals surface area contributed by atoms with E-state index in [1.54, 1.807) is 24.3 Å². The maximum atomic E-state index is 14.0. The highest BCUT2D eigenvalue weighted by molar-refractivity contribution is 8.25. The molecule has 78 heavy (non-hydrogen) atoms. The highest BCUT2D eigenvalue weighted by atomic mass is 32.2. The van der Waals surface area contributed by atoms with Gasteiger partial charge in [-0.15, -0.1) is 0 Å². The Hall–Kier alpha value is -6.76. The fourth-order valence-corrected chi connectivity index (χ4v) is 13.6. The predicted molar refractivity (Wildman–Crippen MR) is 286 cm³/mol. The van der Waals surface area contributed by atoms with Crippen molar-refractivity contribution in [1.29, 1.82) is 5.26 Å². The number of hydrogen-bond donors (Lipinski definition) is 0. The molecule has 0 atom stereocenters. The van der Waals surface area contributed by atoms with Gasteiger partial charge in [0.2, 0.25) is 0 Å². The van der Waals surface area contributed by atoms with Gasteiger partial charge in [-0.3, -0.25) is 19.2 Å². The lowest BCUT2D eigenvalue weighted by Crippen LogP contribution is -2.33. The Morgan fingerprint density at radius 2 is 1.04 bits per heavy atom. The summed E-state index contributed by atoms with van der Waals surface area (Å²) in [6.07, 6.45) is 10.9. The Kier molecular flexibility index (Phi) is 23.6. The maximum absolute atomic E-state index is 14.0. The normalized spacial score (nSPS) is 19.4. The Bertz CT molecular complexity index is 2830. The lowest BCUT2D eigenvalue weighted by molar-refractivity contribution is -0.159. The van der Waals surface area contributed by atoms with Crippen LogP contribution in [0.3, 0.4) is 0 Å². The second kappa shape index (κ2) is 30.4. The first-order chi connectivity index (χ1) is 37.7. The van der Waals surface area contributed by atoms with Gasteiger partial charge in [0.05, 0.1) is 49.4 Å². The number of nitriles is 1. The van der Waals surface area contributed by atoms with Crippen LogP contribution in [0.25, 0.3) is 16.0 Å². The zero-order valence-electron chi connectivity index (χ0n) is 42.7. The first-order valence-corrected chi connectivity index (χ1v) is 28.2. The van der Waals surface area contributed by atoms with Gasteiger partial charge in [0.15, 0.2) is 5.57 Å². The minimum atomic E-state index is -0.994. The molecule has 412 valence electrons. The molecule has 0 radical (unpaired) electrons. The predicted octanol–water partition coefficient (Wildman–Crippen LogP) is 9.92. The van der Waals surface area contributed by atoms with Crippen molar-refractivity contribution in [2.45, 2.75) is 116 Å². The third-order valence-electron chi connectivity index (χ3n) is 12.3. The molecule has 19 nitrogen and oxygen atoms in total. The van der Waals surface area contributed by atoms with E-state index in [9.17, 15) is 43.6 Å². The van der Waals surface area contributed by atoms with E-state index >= 15 is 0 Å². The molecule has 23 heteroatoms. The average molecular weight is 1150 g/mol. The summed E-state index contributed by atoms with van der Waals surface area (Å²) in [4.78, 5) is 106. The number of rotatable bonds is 25. The van der Waals surface area contributed by atoms with Crippen molar-refractivity contribution in [3.8, 4) is 28.7 Å². The maximum Gasteiger partial charge on any atom is 0.350 e. The van der Waals surface area contributed by atoms with E-state index in [4.69, 9.17) is 49.2 Å². The van der Waals surface area contributed by atoms with Crippen LogP contribution in [0.2, 0.25) is 0 Å². The molecule has 0 saturated heterocycles. The van der Waals surface area contributed by atoms with Crippen LogP contribution in [0.15, 0.2) is 102 Å². The number of esters is 8. The van der Waals surface area contributed by atoms with E-state index in [1.165, 1.54) is 6.92 Å². The number of fused-ring (bicyclic) bond motifs is 2. The number of nitrogens with zero attached hydrogens (tertiary/aromatic N) is 2. The molecule has 0 amide bonds. The molecule has 2 saturated carbocycles. The van der Waals surface area contributed by atoms with Gasteiger partial charge in [0.1, 0.15) is 50.1 Å². The SMILES string of the molecule is [C-]#[N+]/C(C(=O)OCCOC(=O)C=C)=C1\Sc2c(OC(=O)C3CCC(OC(=O)C4CCC(OCCCCCCOC(=O)C=C)CC4)CC3)ccc(-c3ccc(OC(C)=O)c4c3S/C(=C(/C#N)C(=O)OCCOC(=O)C=C)S4)c2S1. The van der Waals surface area contributed by atoms with Crippen LogP contribution < -0.4 is 9.47 Å². The van der Waals surface area contributed by atoms with Gasteiger partial charge in [0, 0.05) is 41.5 Å². The molecule has 2 aromatic carbocycles. The van der Waals surface area contributed by atoms with Gasteiger partial charge in [-0.25, -0.2) is 24.0 Å². The summed E-state index contributed by atoms with van der Waals surface area (Å²) >= 11 is 4.09.